The Labute approximate surface area is 104 Å². The molecule has 2 aromatic carbocycles. The van der Waals surface area contributed by atoms with Gasteiger partial charge in [0.2, 0.25) is 0 Å². The molecule has 0 saturated heterocycles. The van der Waals surface area contributed by atoms with Gasteiger partial charge >= 0.3 is 0 Å². The molecule has 0 bridgehead atoms. The highest BCUT2D eigenvalue weighted by Gasteiger charge is 2.14. The van der Waals surface area contributed by atoms with Gasteiger partial charge in [-0.2, -0.15) is 0 Å². The summed E-state index contributed by atoms with van der Waals surface area (Å²) >= 11 is 9.19. The molecule has 0 radical (unpaired) electrons. The number of furan rings is 1. The standard InChI is InChI=1S/C12H5BrClFO/c13-10-9(15)5-4-7-6-2-1-3-8(14)11(6)16-12(7)10/h1-5H. The Morgan fingerprint density at radius 2 is 1.81 bits per heavy atom. The van der Waals surface area contributed by atoms with Gasteiger partial charge in [0.25, 0.3) is 0 Å². The minimum absolute atomic E-state index is 0.331. The van der Waals surface area contributed by atoms with Crippen LogP contribution in [0.4, 0.5) is 4.39 Å². The van der Waals surface area contributed by atoms with Crippen molar-refractivity contribution in [1.29, 1.82) is 0 Å². The van der Waals surface area contributed by atoms with Crippen molar-refractivity contribution in [1.82, 2.24) is 0 Å². The molecule has 0 atom stereocenters. The van der Waals surface area contributed by atoms with Gasteiger partial charge in [0.15, 0.2) is 11.2 Å². The van der Waals surface area contributed by atoms with Crippen LogP contribution < -0.4 is 0 Å². The molecule has 0 N–H and O–H groups in total. The third kappa shape index (κ3) is 1.28. The zero-order valence-corrected chi connectivity index (χ0v) is 10.3. The van der Waals surface area contributed by atoms with Crippen molar-refractivity contribution in [2.45, 2.75) is 0 Å². The van der Waals surface area contributed by atoms with E-state index in [0.29, 0.717) is 20.7 Å². The SMILES string of the molecule is Fc1ccc2c(oc3c(Cl)cccc32)c1Br. The van der Waals surface area contributed by atoms with E-state index in [1.807, 2.05) is 12.1 Å². The van der Waals surface area contributed by atoms with E-state index < -0.39 is 0 Å². The summed E-state index contributed by atoms with van der Waals surface area (Å²) in [7, 11) is 0. The smallest absolute Gasteiger partial charge is 0.154 e. The highest BCUT2D eigenvalue weighted by atomic mass is 79.9. The Morgan fingerprint density at radius 1 is 1.06 bits per heavy atom. The molecule has 1 aromatic heterocycles. The lowest BCUT2D eigenvalue weighted by Crippen LogP contribution is -1.75. The van der Waals surface area contributed by atoms with Crippen LogP contribution in [0.15, 0.2) is 39.2 Å². The summed E-state index contributed by atoms with van der Waals surface area (Å²) in [6.07, 6.45) is 0. The molecule has 3 aromatic rings. The molecule has 3 rings (SSSR count). The lowest BCUT2D eigenvalue weighted by atomic mass is 10.1. The molecule has 0 amide bonds. The number of hydrogen-bond donors (Lipinski definition) is 0. The summed E-state index contributed by atoms with van der Waals surface area (Å²) in [6.45, 7) is 0. The largest absolute Gasteiger partial charge is 0.453 e. The molecule has 0 aliphatic carbocycles. The normalized spacial score (nSPS) is 11.4. The molecule has 0 aliphatic heterocycles. The first-order chi connectivity index (χ1) is 7.68. The third-order valence-electron chi connectivity index (χ3n) is 2.51. The summed E-state index contributed by atoms with van der Waals surface area (Å²) in [4.78, 5) is 0. The van der Waals surface area contributed by atoms with E-state index in [9.17, 15) is 4.39 Å². The number of hydrogen-bond acceptors (Lipinski definition) is 1. The van der Waals surface area contributed by atoms with Crippen molar-refractivity contribution in [2.75, 3.05) is 0 Å². The molecule has 0 fully saturated rings. The Kier molecular flexibility index (Phi) is 2.19. The second-order valence-corrected chi connectivity index (χ2v) is 4.66. The molecule has 0 aliphatic rings. The minimum Gasteiger partial charge on any atom is -0.453 e. The molecule has 80 valence electrons. The van der Waals surface area contributed by atoms with Crippen LogP contribution in [0.1, 0.15) is 0 Å². The predicted molar refractivity (Wildman–Crippen MR) is 66.4 cm³/mol. The Morgan fingerprint density at radius 3 is 2.62 bits per heavy atom. The summed E-state index contributed by atoms with van der Waals surface area (Å²) in [5.41, 5.74) is 1.08. The average molecular weight is 300 g/mol. The number of halogens is 3. The topological polar surface area (TPSA) is 13.1 Å². The van der Waals surface area contributed by atoms with Crippen molar-refractivity contribution in [3.8, 4) is 0 Å². The predicted octanol–water partition coefficient (Wildman–Crippen LogP) is 5.14. The van der Waals surface area contributed by atoms with Crippen LogP contribution in [0.2, 0.25) is 5.02 Å². The van der Waals surface area contributed by atoms with Crippen LogP contribution >= 0.6 is 27.5 Å². The van der Waals surface area contributed by atoms with E-state index in [1.165, 1.54) is 6.07 Å². The molecule has 4 heteroatoms. The number of rotatable bonds is 0. The zero-order chi connectivity index (χ0) is 11.3. The summed E-state index contributed by atoms with van der Waals surface area (Å²) in [5, 5.41) is 2.27. The van der Waals surface area contributed by atoms with E-state index in [-0.39, 0.29) is 5.82 Å². The maximum absolute atomic E-state index is 13.3. The molecule has 1 nitrogen and oxygen atoms in total. The third-order valence-corrected chi connectivity index (χ3v) is 3.55. The van der Waals surface area contributed by atoms with Crippen LogP contribution in [0.3, 0.4) is 0 Å². The van der Waals surface area contributed by atoms with Gasteiger partial charge in [-0.1, -0.05) is 23.7 Å². The minimum atomic E-state index is -0.345. The summed E-state index contributed by atoms with van der Waals surface area (Å²) < 4.78 is 19.2. The quantitative estimate of drug-likeness (QED) is 0.560. The van der Waals surface area contributed by atoms with Crippen molar-refractivity contribution in [2.24, 2.45) is 0 Å². The fourth-order valence-electron chi connectivity index (χ4n) is 1.77. The first-order valence-corrected chi connectivity index (χ1v) is 5.80. The first-order valence-electron chi connectivity index (χ1n) is 4.63. The number of para-hydroxylation sites is 1. The van der Waals surface area contributed by atoms with E-state index in [0.717, 1.165) is 10.8 Å². The molecule has 1 heterocycles. The average Bonchev–Trinajstić information content (AvgIpc) is 2.65. The molecular formula is C12H5BrClFO. The fraction of sp³-hybridized carbons (Fsp3) is 0. The zero-order valence-electron chi connectivity index (χ0n) is 7.93. The van der Waals surface area contributed by atoms with E-state index in [4.69, 9.17) is 16.0 Å². The van der Waals surface area contributed by atoms with Gasteiger partial charge in [0, 0.05) is 10.8 Å². The van der Waals surface area contributed by atoms with Crippen LogP contribution in [0, 0.1) is 5.82 Å². The Bertz CT molecular complexity index is 705. The molecular weight excluding hydrogens is 294 g/mol. The number of fused-ring (bicyclic) bond motifs is 3. The summed E-state index contributed by atoms with van der Waals surface area (Å²) in [5.74, 6) is -0.345. The maximum atomic E-state index is 13.3. The van der Waals surface area contributed by atoms with Crippen LogP contribution in [-0.4, -0.2) is 0 Å². The monoisotopic (exact) mass is 298 g/mol. The molecule has 0 saturated carbocycles. The van der Waals surface area contributed by atoms with Crippen LogP contribution in [0.5, 0.6) is 0 Å². The van der Waals surface area contributed by atoms with Crippen LogP contribution in [-0.2, 0) is 0 Å². The van der Waals surface area contributed by atoms with E-state index >= 15 is 0 Å². The molecule has 0 unspecified atom stereocenters. The maximum Gasteiger partial charge on any atom is 0.154 e. The number of benzene rings is 2. The molecule has 0 spiro atoms. The second kappa shape index (κ2) is 3.47. The van der Waals surface area contributed by atoms with Gasteiger partial charge in [0.05, 0.1) is 9.50 Å². The van der Waals surface area contributed by atoms with E-state index in [1.54, 1.807) is 12.1 Å². The van der Waals surface area contributed by atoms with Gasteiger partial charge in [-0.3, -0.25) is 0 Å². The van der Waals surface area contributed by atoms with Crippen molar-refractivity contribution < 1.29 is 8.81 Å². The van der Waals surface area contributed by atoms with Crippen molar-refractivity contribution >= 4 is 49.5 Å². The van der Waals surface area contributed by atoms with Gasteiger partial charge < -0.3 is 4.42 Å². The van der Waals surface area contributed by atoms with Gasteiger partial charge in [0.1, 0.15) is 5.82 Å². The van der Waals surface area contributed by atoms with Gasteiger partial charge in [-0.25, -0.2) is 4.39 Å². The van der Waals surface area contributed by atoms with Gasteiger partial charge in [-0.15, -0.1) is 0 Å². The Hall–Kier alpha value is -1.06. The van der Waals surface area contributed by atoms with E-state index in [2.05, 4.69) is 15.9 Å². The van der Waals surface area contributed by atoms with Crippen LogP contribution in [0.25, 0.3) is 21.9 Å². The molecule has 16 heavy (non-hydrogen) atoms. The van der Waals surface area contributed by atoms with Gasteiger partial charge in [-0.05, 0) is 34.1 Å². The first kappa shape index (κ1) is 10.1. The van der Waals surface area contributed by atoms with Crippen molar-refractivity contribution in [3.63, 3.8) is 0 Å². The lowest BCUT2D eigenvalue weighted by molar-refractivity contribution is 0.610. The second-order valence-electron chi connectivity index (χ2n) is 3.46. The highest BCUT2D eigenvalue weighted by Crippen LogP contribution is 2.37. The highest BCUT2D eigenvalue weighted by molar-refractivity contribution is 9.10. The Balaban J connectivity index is 2.60. The lowest BCUT2D eigenvalue weighted by Gasteiger charge is -1.93. The summed E-state index contributed by atoms with van der Waals surface area (Å²) in [6, 6.07) is 8.59. The fourth-order valence-corrected chi connectivity index (χ4v) is 2.41. The van der Waals surface area contributed by atoms with Crippen molar-refractivity contribution in [3.05, 3.63) is 45.6 Å².